The van der Waals surface area contributed by atoms with Crippen molar-refractivity contribution in [3.8, 4) is 0 Å². The van der Waals surface area contributed by atoms with Crippen LogP contribution in [0.25, 0.3) is 0 Å². The van der Waals surface area contributed by atoms with Gasteiger partial charge in [0.15, 0.2) is 0 Å². The molecule has 0 amide bonds. The van der Waals surface area contributed by atoms with E-state index in [9.17, 15) is 0 Å². The predicted octanol–water partition coefficient (Wildman–Crippen LogP) is -4.37. The van der Waals surface area contributed by atoms with E-state index in [1.54, 1.807) is 0 Å². The first-order chi connectivity index (χ1) is 6.22. The molecule has 0 saturated carbocycles. The minimum Gasteiger partial charge on any atom is -0.411 e. The summed E-state index contributed by atoms with van der Waals surface area (Å²) >= 11 is 9.79. The van der Waals surface area contributed by atoms with Crippen LogP contribution < -0.4 is 46.3 Å². The van der Waals surface area contributed by atoms with Crippen molar-refractivity contribution in [3.63, 3.8) is 0 Å². The molecule has 5 N–H and O–H groups in total. The molecule has 78 valence electrons. The Balaban J connectivity index is 0. The Morgan fingerprint density at radius 2 is 1.86 bits per heavy atom. The molecule has 7 heteroatoms. The fourth-order valence-corrected chi connectivity index (χ4v) is 1.26. The fourth-order valence-electron chi connectivity index (χ4n) is 0.891. The molecule has 0 aromatic rings. The van der Waals surface area contributed by atoms with E-state index in [2.05, 4.69) is 5.32 Å². The maximum absolute atomic E-state index is 5.41. The smallest absolute Gasteiger partial charge is 0.411 e. The molecule has 0 aliphatic carbocycles. The maximum Gasteiger partial charge on any atom is 1.00 e. The van der Waals surface area contributed by atoms with Crippen LogP contribution in [-0.4, -0.2) is 48.5 Å². The largest absolute Gasteiger partial charge is 1.00 e. The molecule has 4 nitrogen and oxygen atoms in total. The maximum atomic E-state index is 5.41. The average Bonchev–Trinajstić information content (AvgIpc) is 2.10. The van der Waals surface area contributed by atoms with Gasteiger partial charge in [0.1, 0.15) is 0 Å². The number of hydrogen-bond acceptors (Lipinski definition) is 5. The fraction of sp³-hybridized carbons (Fsp3) is 0.857. The molecule has 0 aliphatic rings. The zero-order valence-electron chi connectivity index (χ0n) is 8.66. The van der Waals surface area contributed by atoms with E-state index < -0.39 is 0 Å². The van der Waals surface area contributed by atoms with Gasteiger partial charge in [0.25, 0.3) is 0 Å². The van der Waals surface area contributed by atoms with Crippen molar-refractivity contribution in [2.75, 3.05) is 39.3 Å². The summed E-state index contributed by atoms with van der Waals surface area (Å²) in [5.74, 6) is 0. The molecule has 0 spiro atoms. The molecular formula is C7H17N4NaS2. The Morgan fingerprint density at radius 1 is 1.21 bits per heavy atom. The molecule has 0 bridgehead atoms. The third-order valence-corrected chi connectivity index (χ3v) is 2.05. The second-order valence-electron chi connectivity index (χ2n) is 2.58. The monoisotopic (exact) mass is 244 g/mol. The first-order valence-electron chi connectivity index (χ1n) is 4.29. The van der Waals surface area contributed by atoms with Gasteiger partial charge in [0.2, 0.25) is 0 Å². The van der Waals surface area contributed by atoms with E-state index in [0.717, 1.165) is 26.2 Å². The molecule has 0 aromatic carbocycles. The van der Waals surface area contributed by atoms with Crippen molar-refractivity contribution in [2.24, 2.45) is 11.5 Å². The summed E-state index contributed by atoms with van der Waals surface area (Å²) in [6, 6.07) is 0. The van der Waals surface area contributed by atoms with Crippen LogP contribution in [0, 0.1) is 0 Å². The van der Waals surface area contributed by atoms with Gasteiger partial charge < -0.3 is 46.5 Å². The molecule has 0 aliphatic heterocycles. The Labute approximate surface area is 119 Å². The molecular weight excluding hydrogens is 227 g/mol. The van der Waals surface area contributed by atoms with Crippen LogP contribution in [-0.2, 0) is 12.6 Å². The second kappa shape index (κ2) is 12.1. The van der Waals surface area contributed by atoms with Crippen molar-refractivity contribution >= 4 is 29.2 Å². The number of hydrogen-bond donors (Lipinski definition) is 3. The SMILES string of the molecule is NCCNCCN(CCN)C(=S)[S-].[Na+]. The molecule has 0 atom stereocenters. The molecule has 0 heterocycles. The van der Waals surface area contributed by atoms with Gasteiger partial charge in [-0.1, -0.05) is 4.32 Å². The Kier molecular flexibility index (Phi) is 15.0. The van der Waals surface area contributed by atoms with Crippen molar-refractivity contribution in [3.05, 3.63) is 0 Å². The van der Waals surface area contributed by atoms with Crippen LogP contribution >= 0.6 is 12.2 Å². The van der Waals surface area contributed by atoms with E-state index in [1.807, 2.05) is 4.90 Å². The van der Waals surface area contributed by atoms with Crippen molar-refractivity contribution in [2.45, 2.75) is 0 Å². The number of rotatable bonds is 7. The van der Waals surface area contributed by atoms with Gasteiger partial charge in [-0.25, -0.2) is 0 Å². The number of nitrogens with two attached hydrogens (primary N) is 2. The zero-order chi connectivity index (χ0) is 10.1. The van der Waals surface area contributed by atoms with E-state index in [0.29, 0.717) is 17.4 Å². The van der Waals surface area contributed by atoms with Crippen LogP contribution in [0.2, 0.25) is 0 Å². The minimum absolute atomic E-state index is 0. The van der Waals surface area contributed by atoms with Crippen LogP contribution in [0.3, 0.4) is 0 Å². The molecule has 0 unspecified atom stereocenters. The number of nitrogens with one attached hydrogen (secondary N) is 1. The molecule has 0 aromatic heterocycles. The summed E-state index contributed by atoms with van der Waals surface area (Å²) < 4.78 is 0.486. The van der Waals surface area contributed by atoms with Gasteiger partial charge >= 0.3 is 29.6 Å². The van der Waals surface area contributed by atoms with E-state index in [-0.39, 0.29) is 29.6 Å². The molecule has 0 saturated heterocycles. The van der Waals surface area contributed by atoms with Gasteiger partial charge in [-0.15, -0.1) is 0 Å². The summed E-state index contributed by atoms with van der Waals surface area (Å²) in [6.07, 6.45) is 0. The topological polar surface area (TPSA) is 67.3 Å². The summed E-state index contributed by atoms with van der Waals surface area (Å²) in [7, 11) is 0. The first-order valence-corrected chi connectivity index (χ1v) is 5.10. The number of nitrogens with zero attached hydrogens (tertiary/aromatic N) is 1. The van der Waals surface area contributed by atoms with Crippen molar-refractivity contribution in [1.82, 2.24) is 10.2 Å². The summed E-state index contributed by atoms with van der Waals surface area (Å²) in [6.45, 7) is 4.42. The molecule has 0 rings (SSSR count). The van der Waals surface area contributed by atoms with Gasteiger partial charge in [-0.05, 0) is 0 Å². The quantitative estimate of drug-likeness (QED) is 0.182. The van der Waals surface area contributed by atoms with Crippen LogP contribution in [0.15, 0.2) is 0 Å². The standard InChI is InChI=1S/C7H18N4S2.Na/c8-1-3-10-4-6-11(5-2-9)7(12)13;/h10H,1-6,8-9H2,(H,12,13);/q;+1/p-1. The molecule has 14 heavy (non-hydrogen) atoms. The Morgan fingerprint density at radius 3 is 2.29 bits per heavy atom. The van der Waals surface area contributed by atoms with Crippen LogP contribution in [0.5, 0.6) is 0 Å². The third-order valence-electron chi connectivity index (χ3n) is 1.54. The van der Waals surface area contributed by atoms with Crippen LogP contribution in [0.4, 0.5) is 0 Å². The molecule has 0 fully saturated rings. The summed E-state index contributed by atoms with van der Waals surface area (Å²) in [5, 5.41) is 3.17. The van der Waals surface area contributed by atoms with E-state index in [1.165, 1.54) is 0 Å². The summed E-state index contributed by atoms with van der Waals surface area (Å²) in [5.41, 5.74) is 10.7. The second-order valence-corrected chi connectivity index (χ2v) is 3.61. The molecule has 0 radical (unpaired) electrons. The number of thiocarbonyl (C=S) groups is 1. The van der Waals surface area contributed by atoms with Crippen molar-refractivity contribution < 1.29 is 29.6 Å². The minimum atomic E-state index is 0. The van der Waals surface area contributed by atoms with E-state index >= 15 is 0 Å². The van der Waals surface area contributed by atoms with Gasteiger partial charge in [0, 0.05) is 39.3 Å². The third kappa shape index (κ3) is 9.54. The Hall–Kier alpha value is 0.990. The average molecular weight is 244 g/mol. The summed E-state index contributed by atoms with van der Waals surface area (Å²) in [4.78, 5) is 1.91. The van der Waals surface area contributed by atoms with Crippen LogP contribution in [0.1, 0.15) is 0 Å². The van der Waals surface area contributed by atoms with Gasteiger partial charge in [-0.2, -0.15) is 0 Å². The zero-order valence-corrected chi connectivity index (χ0v) is 12.3. The predicted molar refractivity (Wildman–Crippen MR) is 62.5 cm³/mol. The first kappa shape index (κ1) is 17.4. The Bertz CT molecular complexity index is 148. The van der Waals surface area contributed by atoms with Gasteiger partial charge in [-0.3, -0.25) is 0 Å². The van der Waals surface area contributed by atoms with Gasteiger partial charge in [0.05, 0.1) is 0 Å². The normalized spacial score (nSPS) is 9.29. The van der Waals surface area contributed by atoms with E-state index in [4.69, 9.17) is 36.3 Å². The van der Waals surface area contributed by atoms with Crippen molar-refractivity contribution in [1.29, 1.82) is 0 Å².